The third-order valence-corrected chi connectivity index (χ3v) is 4.40. The summed E-state index contributed by atoms with van der Waals surface area (Å²) in [5.74, 6) is -0.0799. The smallest absolute Gasteiger partial charge is 0.254 e. The number of nitrogens with zero attached hydrogens (tertiary/aromatic N) is 2. The van der Waals surface area contributed by atoms with Crippen molar-refractivity contribution in [2.24, 2.45) is 0 Å². The van der Waals surface area contributed by atoms with Crippen LogP contribution in [-0.2, 0) is 4.79 Å². The Morgan fingerprint density at radius 1 is 1.19 bits per heavy atom. The lowest BCUT2D eigenvalue weighted by Gasteiger charge is -2.37. The minimum absolute atomic E-state index is 0.0432. The number of phenols is 1. The summed E-state index contributed by atoms with van der Waals surface area (Å²) < 4.78 is 0. The van der Waals surface area contributed by atoms with Crippen molar-refractivity contribution in [3.63, 3.8) is 0 Å². The van der Waals surface area contributed by atoms with Gasteiger partial charge in [-0.1, -0.05) is 18.9 Å². The summed E-state index contributed by atoms with van der Waals surface area (Å²) in [6, 6.07) is 6.64. The maximum Gasteiger partial charge on any atom is 0.254 e. The highest BCUT2D eigenvalue weighted by molar-refractivity contribution is 5.97. The Hall–Kier alpha value is -2.04. The molecular formula is C16H20N2O3. The van der Waals surface area contributed by atoms with Crippen molar-refractivity contribution < 1.29 is 14.7 Å². The van der Waals surface area contributed by atoms with Crippen molar-refractivity contribution in [3.8, 4) is 5.75 Å². The van der Waals surface area contributed by atoms with Gasteiger partial charge in [0.25, 0.3) is 5.91 Å². The Balaban J connectivity index is 1.66. The van der Waals surface area contributed by atoms with E-state index >= 15 is 0 Å². The SMILES string of the molecule is O=C(c1cccc(O)c1)N1CCN(C2CCCC2)C(=O)C1. The normalized spacial score (nSPS) is 20.1. The van der Waals surface area contributed by atoms with E-state index in [4.69, 9.17) is 0 Å². The molecule has 2 aliphatic rings. The van der Waals surface area contributed by atoms with Crippen molar-refractivity contribution in [1.82, 2.24) is 9.80 Å². The molecule has 0 radical (unpaired) electrons. The number of phenolic OH excluding ortho intramolecular Hbond substituents is 1. The van der Waals surface area contributed by atoms with Gasteiger partial charge >= 0.3 is 0 Å². The molecule has 1 aromatic rings. The first-order chi connectivity index (χ1) is 10.1. The summed E-state index contributed by atoms with van der Waals surface area (Å²) in [4.78, 5) is 28.2. The van der Waals surface area contributed by atoms with Gasteiger partial charge in [-0.05, 0) is 31.0 Å². The Morgan fingerprint density at radius 2 is 1.95 bits per heavy atom. The van der Waals surface area contributed by atoms with E-state index in [0.29, 0.717) is 24.7 Å². The average molecular weight is 288 g/mol. The van der Waals surface area contributed by atoms with Crippen LogP contribution in [0.15, 0.2) is 24.3 Å². The summed E-state index contributed by atoms with van der Waals surface area (Å²) in [6.45, 7) is 1.33. The topological polar surface area (TPSA) is 60.9 Å². The second-order valence-electron chi connectivity index (χ2n) is 5.80. The lowest BCUT2D eigenvalue weighted by molar-refractivity contribution is -0.137. The molecular weight excluding hydrogens is 268 g/mol. The summed E-state index contributed by atoms with van der Waals surface area (Å²) in [7, 11) is 0. The lowest BCUT2D eigenvalue weighted by atomic mass is 10.1. The summed E-state index contributed by atoms with van der Waals surface area (Å²) in [6.07, 6.45) is 4.57. The van der Waals surface area contributed by atoms with Crippen LogP contribution in [0.25, 0.3) is 0 Å². The number of benzene rings is 1. The molecule has 1 aromatic carbocycles. The van der Waals surface area contributed by atoms with Crippen LogP contribution in [0.4, 0.5) is 0 Å². The molecule has 1 N–H and O–H groups in total. The molecule has 0 atom stereocenters. The molecule has 1 heterocycles. The maximum absolute atomic E-state index is 12.4. The van der Waals surface area contributed by atoms with Crippen LogP contribution < -0.4 is 0 Å². The van der Waals surface area contributed by atoms with E-state index in [9.17, 15) is 14.7 Å². The number of aromatic hydroxyl groups is 1. The van der Waals surface area contributed by atoms with Crippen LogP contribution in [0.2, 0.25) is 0 Å². The molecule has 1 aliphatic carbocycles. The third-order valence-electron chi connectivity index (χ3n) is 4.40. The standard InChI is InChI=1S/C16H20N2O3/c19-14-7-3-4-12(10-14)16(21)17-8-9-18(15(20)11-17)13-5-1-2-6-13/h3-4,7,10,13,19H,1-2,5-6,8-9,11H2. The average Bonchev–Trinajstić information content (AvgIpc) is 3.00. The van der Waals surface area contributed by atoms with Gasteiger partial charge in [-0.3, -0.25) is 9.59 Å². The first kappa shape index (κ1) is 13.9. The number of carbonyl (C=O) groups excluding carboxylic acids is 2. The first-order valence-electron chi connectivity index (χ1n) is 7.53. The minimum atomic E-state index is -0.190. The van der Waals surface area contributed by atoms with Crippen LogP contribution in [0.1, 0.15) is 36.0 Å². The number of carbonyl (C=O) groups is 2. The van der Waals surface area contributed by atoms with Crippen molar-refractivity contribution in [1.29, 1.82) is 0 Å². The van der Waals surface area contributed by atoms with Crippen molar-refractivity contribution in [2.45, 2.75) is 31.7 Å². The Bertz CT molecular complexity index is 552. The number of piperazine rings is 1. The second kappa shape index (κ2) is 5.76. The zero-order valence-electron chi connectivity index (χ0n) is 12.0. The number of amides is 2. The Morgan fingerprint density at radius 3 is 2.62 bits per heavy atom. The van der Waals surface area contributed by atoms with E-state index in [1.165, 1.54) is 25.0 Å². The van der Waals surface area contributed by atoms with Gasteiger partial charge < -0.3 is 14.9 Å². The fraction of sp³-hybridized carbons (Fsp3) is 0.500. The van der Waals surface area contributed by atoms with Crippen molar-refractivity contribution in [3.05, 3.63) is 29.8 Å². The molecule has 0 bridgehead atoms. The van der Waals surface area contributed by atoms with Gasteiger partial charge in [0.15, 0.2) is 0 Å². The molecule has 1 saturated heterocycles. The molecule has 0 unspecified atom stereocenters. The van der Waals surface area contributed by atoms with E-state index in [0.717, 1.165) is 12.8 Å². The first-order valence-corrected chi connectivity index (χ1v) is 7.53. The van der Waals surface area contributed by atoms with Gasteiger partial charge in [0.2, 0.25) is 5.91 Å². The van der Waals surface area contributed by atoms with Gasteiger partial charge in [0, 0.05) is 24.7 Å². The molecule has 3 rings (SSSR count). The monoisotopic (exact) mass is 288 g/mol. The van der Waals surface area contributed by atoms with Crippen LogP contribution >= 0.6 is 0 Å². The summed E-state index contributed by atoms with van der Waals surface area (Å²) in [5.41, 5.74) is 0.428. The molecule has 5 heteroatoms. The van der Waals surface area contributed by atoms with Gasteiger partial charge in [0.05, 0.1) is 0 Å². The van der Waals surface area contributed by atoms with E-state index in [2.05, 4.69) is 0 Å². The molecule has 112 valence electrons. The third kappa shape index (κ3) is 2.86. The zero-order valence-corrected chi connectivity index (χ0v) is 12.0. The van der Waals surface area contributed by atoms with Gasteiger partial charge in [-0.25, -0.2) is 0 Å². The van der Waals surface area contributed by atoms with Gasteiger partial charge in [-0.15, -0.1) is 0 Å². The lowest BCUT2D eigenvalue weighted by Crippen LogP contribution is -2.54. The summed E-state index contributed by atoms with van der Waals surface area (Å²) >= 11 is 0. The highest BCUT2D eigenvalue weighted by Crippen LogP contribution is 2.25. The number of hydrogen-bond donors (Lipinski definition) is 1. The minimum Gasteiger partial charge on any atom is -0.508 e. The van der Waals surface area contributed by atoms with Crippen LogP contribution in [0, 0.1) is 0 Å². The molecule has 0 spiro atoms. The zero-order chi connectivity index (χ0) is 14.8. The molecule has 21 heavy (non-hydrogen) atoms. The largest absolute Gasteiger partial charge is 0.508 e. The number of hydrogen-bond acceptors (Lipinski definition) is 3. The van der Waals surface area contributed by atoms with Crippen LogP contribution in [0.5, 0.6) is 5.75 Å². The molecule has 5 nitrogen and oxygen atoms in total. The second-order valence-corrected chi connectivity index (χ2v) is 5.80. The molecule has 1 aliphatic heterocycles. The van der Waals surface area contributed by atoms with Crippen molar-refractivity contribution >= 4 is 11.8 Å². The quantitative estimate of drug-likeness (QED) is 0.899. The van der Waals surface area contributed by atoms with Crippen LogP contribution in [0.3, 0.4) is 0 Å². The van der Waals surface area contributed by atoms with E-state index in [1.807, 2.05) is 4.90 Å². The predicted octanol–water partition coefficient (Wildman–Crippen LogP) is 1.62. The van der Waals surface area contributed by atoms with E-state index in [1.54, 1.807) is 17.0 Å². The maximum atomic E-state index is 12.4. The van der Waals surface area contributed by atoms with E-state index in [-0.39, 0.29) is 24.1 Å². The fourth-order valence-electron chi connectivity index (χ4n) is 3.28. The highest BCUT2D eigenvalue weighted by Gasteiger charge is 2.33. The molecule has 2 amide bonds. The van der Waals surface area contributed by atoms with Gasteiger partial charge in [-0.2, -0.15) is 0 Å². The number of rotatable bonds is 2. The predicted molar refractivity (Wildman–Crippen MR) is 78.0 cm³/mol. The van der Waals surface area contributed by atoms with Crippen LogP contribution in [-0.4, -0.2) is 52.4 Å². The van der Waals surface area contributed by atoms with Crippen molar-refractivity contribution in [2.75, 3.05) is 19.6 Å². The Kier molecular flexibility index (Phi) is 3.82. The molecule has 2 fully saturated rings. The van der Waals surface area contributed by atoms with Gasteiger partial charge in [0.1, 0.15) is 12.3 Å². The summed E-state index contributed by atoms with van der Waals surface area (Å²) in [5, 5.41) is 9.45. The Labute approximate surface area is 124 Å². The fourth-order valence-corrected chi connectivity index (χ4v) is 3.28. The highest BCUT2D eigenvalue weighted by atomic mass is 16.3. The molecule has 0 aromatic heterocycles. The van der Waals surface area contributed by atoms with E-state index < -0.39 is 0 Å². The molecule has 1 saturated carbocycles.